The number of likely N-dealkylation sites (N-methyl/N-ethyl adjacent to an activating group) is 1. The Bertz CT molecular complexity index is 701. The van der Waals surface area contributed by atoms with Gasteiger partial charge in [-0.1, -0.05) is 6.07 Å². The zero-order valence-corrected chi connectivity index (χ0v) is 13.1. The summed E-state index contributed by atoms with van der Waals surface area (Å²) >= 11 is 0. The van der Waals surface area contributed by atoms with Gasteiger partial charge in [-0.3, -0.25) is 4.68 Å². The first-order valence-corrected chi connectivity index (χ1v) is 7.46. The predicted octanol–water partition coefficient (Wildman–Crippen LogP) is 2.51. The van der Waals surface area contributed by atoms with Crippen LogP contribution in [0.3, 0.4) is 0 Å². The van der Waals surface area contributed by atoms with Gasteiger partial charge in [0.05, 0.1) is 12.9 Å². The minimum absolute atomic E-state index is 0.912. The summed E-state index contributed by atoms with van der Waals surface area (Å²) in [6.45, 7) is 4.99. The summed E-state index contributed by atoms with van der Waals surface area (Å²) in [5.74, 6) is 0. The lowest BCUT2D eigenvalue weighted by Gasteiger charge is -2.18. The van der Waals surface area contributed by atoms with Crippen molar-refractivity contribution in [2.45, 2.75) is 20.0 Å². The number of aromatic nitrogens is 4. The Labute approximate surface area is 130 Å². The minimum atomic E-state index is 0.912. The van der Waals surface area contributed by atoms with E-state index in [9.17, 15) is 0 Å². The van der Waals surface area contributed by atoms with Crippen molar-refractivity contribution in [3.63, 3.8) is 0 Å². The average Bonchev–Trinajstić information content (AvgIpc) is 3.20. The molecule has 0 aliphatic rings. The molecule has 1 aromatic carbocycles. The van der Waals surface area contributed by atoms with Gasteiger partial charge < -0.3 is 9.47 Å². The molecule has 5 nitrogen and oxygen atoms in total. The molecule has 22 heavy (non-hydrogen) atoms. The van der Waals surface area contributed by atoms with E-state index in [1.165, 1.54) is 11.1 Å². The number of aryl methyl sites for hydroxylation is 1. The highest BCUT2D eigenvalue weighted by atomic mass is 15.3. The maximum absolute atomic E-state index is 4.23. The second-order valence-electron chi connectivity index (χ2n) is 5.59. The zero-order valence-electron chi connectivity index (χ0n) is 13.1. The van der Waals surface area contributed by atoms with Gasteiger partial charge >= 0.3 is 0 Å². The molecule has 2 heterocycles. The Hall–Kier alpha value is -2.40. The van der Waals surface area contributed by atoms with Crippen LogP contribution in [0.5, 0.6) is 0 Å². The summed E-state index contributed by atoms with van der Waals surface area (Å²) < 4.78 is 3.99. The predicted molar refractivity (Wildman–Crippen MR) is 86.9 cm³/mol. The van der Waals surface area contributed by atoms with Crippen LogP contribution in [0.2, 0.25) is 0 Å². The van der Waals surface area contributed by atoms with Crippen LogP contribution in [-0.2, 0) is 13.1 Å². The summed E-state index contributed by atoms with van der Waals surface area (Å²) in [6, 6.07) is 8.51. The van der Waals surface area contributed by atoms with Gasteiger partial charge in [0.2, 0.25) is 0 Å². The van der Waals surface area contributed by atoms with Crippen LogP contribution < -0.4 is 0 Å². The molecule has 0 bridgehead atoms. The van der Waals surface area contributed by atoms with Crippen molar-refractivity contribution in [2.24, 2.45) is 0 Å². The third-order valence-electron chi connectivity index (χ3n) is 3.84. The van der Waals surface area contributed by atoms with Crippen LogP contribution in [0.4, 0.5) is 0 Å². The molecule has 0 amide bonds. The van der Waals surface area contributed by atoms with Gasteiger partial charge in [-0.15, -0.1) is 0 Å². The van der Waals surface area contributed by atoms with Gasteiger partial charge in [0.1, 0.15) is 0 Å². The van der Waals surface area contributed by atoms with Crippen LogP contribution in [0, 0.1) is 6.92 Å². The molecule has 0 unspecified atom stereocenters. The summed E-state index contributed by atoms with van der Waals surface area (Å²) in [5.41, 5.74) is 3.81. The number of nitrogens with zero attached hydrogens (tertiary/aromatic N) is 5. The third kappa shape index (κ3) is 3.43. The van der Waals surface area contributed by atoms with E-state index in [2.05, 4.69) is 47.2 Å². The smallest absolute Gasteiger partial charge is 0.0991 e. The normalized spacial score (nSPS) is 11.2. The fourth-order valence-corrected chi connectivity index (χ4v) is 2.51. The summed E-state index contributed by atoms with van der Waals surface area (Å²) in [6.07, 6.45) is 9.40. The number of imidazole rings is 1. The minimum Gasteiger partial charge on any atom is -0.306 e. The molecule has 0 N–H and O–H groups in total. The van der Waals surface area contributed by atoms with Crippen molar-refractivity contribution >= 4 is 0 Å². The Morgan fingerprint density at radius 2 is 2.09 bits per heavy atom. The highest BCUT2D eigenvalue weighted by Gasteiger charge is 2.05. The summed E-state index contributed by atoms with van der Waals surface area (Å²) in [7, 11) is 2.15. The molecule has 0 saturated heterocycles. The number of benzene rings is 1. The first kappa shape index (κ1) is 14.5. The van der Waals surface area contributed by atoms with Gasteiger partial charge in [0, 0.05) is 43.6 Å². The maximum atomic E-state index is 4.23. The Morgan fingerprint density at radius 3 is 2.77 bits per heavy atom. The quantitative estimate of drug-likeness (QED) is 0.701. The van der Waals surface area contributed by atoms with Crippen molar-refractivity contribution in [3.05, 3.63) is 66.5 Å². The number of hydrogen-bond acceptors (Lipinski definition) is 3. The standard InChI is InChI=1S/C17H21N5/c1-15-12-17(21-9-7-18-14-21)5-4-16(15)13-20(2)10-11-22-8-3-6-19-22/h3-9,12,14H,10-11,13H2,1-2H3. The molecule has 114 valence electrons. The molecule has 5 heteroatoms. The lowest BCUT2D eigenvalue weighted by molar-refractivity contribution is 0.304. The van der Waals surface area contributed by atoms with E-state index in [1.54, 1.807) is 6.20 Å². The average molecular weight is 295 g/mol. The van der Waals surface area contributed by atoms with Gasteiger partial charge in [-0.2, -0.15) is 5.10 Å². The van der Waals surface area contributed by atoms with E-state index in [-0.39, 0.29) is 0 Å². The molecule has 0 aliphatic heterocycles. The maximum Gasteiger partial charge on any atom is 0.0991 e. The SMILES string of the molecule is Cc1cc(-n2ccnc2)ccc1CN(C)CCn1cccn1. The van der Waals surface area contributed by atoms with E-state index < -0.39 is 0 Å². The highest BCUT2D eigenvalue weighted by Crippen LogP contribution is 2.16. The van der Waals surface area contributed by atoms with E-state index in [0.29, 0.717) is 0 Å². The Morgan fingerprint density at radius 1 is 1.18 bits per heavy atom. The van der Waals surface area contributed by atoms with Gasteiger partial charge in [0.25, 0.3) is 0 Å². The fourth-order valence-electron chi connectivity index (χ4n) is 2.51. The van der Waals surface area contributed by atoms with Gasteiger partial charge in [-0.25, -0.2) is 4.98 Å². The summed E-state index contributed by atoms with van der Waals surface area (Å²) in [4.78, 5) is 6.41. The second-order valence-corrected chi connectivity index (χ2v) is 5.59. The monoisotopic (exact) mass is 295 g/mol. The Balaban J connectivity index is 1.62. The molecule has 2 aromatic heterocycles. The van der Waals surface area contributed by atoms with E-state index >= 15 is 0 Å². The van der Waals surface area contributed by atoms with Crippen LogP contribution in [0.15, 0.2) is 55.4 Å². The molecule has 0 saturated carbocycles. The first-order chi connectivity index (χ1) is 10.7. The molecule has 3 rings (SSSR count). The fraction of sp³-hybridized carbons (Fsp3) is 0.294. The highest BCUT2D eigenvalue weighted by molar-refractivity contribution is 5.40. The van der Waals surface area contributed by atoms with Crippen molar-refractivity contribution in [3.8, 4) is 5.69 Å². The molecular weight excluding hydrogens is 274 g/mol. The molecular formula is C17H21N5. The Kier molecular flexibility index (Phi) is 4.34. The summed E-state index contributed by atoms with van der Waals surface area (Å²) in [5, 5.41) is 4.23. The molecule has 0 radical (unpaired) electrons. The van der Waals surface area contributed by atoms with Crippen LogP contribution in [0.25, 0.3) is 5.69 Å². The third-order valence-corrected chi connectivity index (χ3v) is 3.84. The molecule has 0 fully saturated rings. The topological polar surface area (TPSA) is 38.9 Å². The van der Waals surface area contributed by atoms with Crippen LogP contribution >= 0.6 is 0 Å². The van der Waals surface area contributed by atoms with Crippen LogP contribution in [0.1, 0.15) is 11.1 Å². The first-order valence-electron chi connectivity index (χ1n) is 7.46. The largest absolute Gasteiger partial charge is 0.306 e. The van der Waals surface area contributed by atoms with E-state index in [1.807, 2.05) is 40.2 Å². The van der Waals surface area contributed by atoms with Gasteiger partial charge in [-0.05, 0) is 43.3 Å². The van der Waals surface area contributed by atoms with Crippen molar-refractivity contribution < 1.29 is 0 Å². The number of rotatable bonds is 6. The van der Waals surface area contributed by atoms with Crippen molar-refractivity contribution in [1.82, 2.24) is 24.2 Å². The lowest BCUT2D eigenvalue weighted by atomic mass is 10.1. The van der Waals surface area contributed by atoms with E-state index in [0.717, 1.165) is 25.3 Å². The molecule has 0 aliphatic carbocycles. The van der Waals surface area contributed by atoms with E-state index in [4.69, 9.17) is 0 Å². The molecule has 0 atom stereocenters. The van der Waals surface area contributed by atoms with Crippen molar-refractivity contribution in [1.29, 1.82) is 0 Å². The lowest BCUT2D eigenvalue weighted by Crippen LogP contribution is -2.23. The zero-order chi connectivity index (χ0) is 15.4. The molecule has 0 spiro atoms. The van der Waals surface area contributed by atoms with Crippen LogP contribution in [-0.4, -0.2) is 37.8 Å². The molecule has 3 aromatic rings. The van der Waals surface area contributed by atoms with Gasteiger partial charge in [0.15, 0.2) is 0 Å². The second kappa shape index (κ2) is 6.58. The number of hydrogen-bond donors (Lipinski definition) is 0. The van der Waals surface area contributed by atoms with Crippen molar-refractivity contribution in [2.75, 3.05) is 13.6 Å².